The predicted molar refractivity (Wildman–Crippen MR) is 118 cm³/mol. The topological polar surface area (TPSA) is 97.4 Å². The van der Waals surface area contributed by atoms with Gasteiger partial charge in [0.1, 0.15) is 11.5 Å². The maximum atomic E-state index is 13.1. The van der Waals surface area contributed by atoms with Crippen LogP contribution in [0.4, 0.5) is 11.4 Å². The molecule has 0 spiro atoms. The van der Waals surface area contributed by atoms with Crippen LogP contribution >= 0.6 is 0 Å². The van der Waals surface area contributed by atoms with Crippen LogP contribution in [-0.4, -0.2) is 32.2 Å². The second-order valence-electron chi connectivity index (χ2n) is 7.19. The molecule has 0 unspecified atom stereocenters. The number of aryl methyl sites for hydroxylation is 1. The van der Waals surface area contributed by atoms with Crippen LogP contribution in [0.3, 0.4) is 0 Å². The number of hydrogen-bond acceptors (Lipinski definition) is 5. The third-order valence-corrected chi connectivity index (χ3v) is 5.22. The largest absolute Gasteiger partial charge is 0.491 e. The third kappa shape index (κ3) is 4.44. The van der Waals surface area contributed by atoms with E-state index in [0.717, 1.165) is 23.6 Å². The Morgan fingerprint density at radius 1 is 1.07 bits per heavy atom. The van der Waals surface area contributed by atoms with Gasteiger partial charge in [-0.15, -0.1) is 0 Å². The van der Waals surface area contributed by atoms with Gasteiger partial charge in [0.2, 0.25) is 10.0 Å². The van der Waals surface area contributed by atoms with Gasteiger partial charge in [0.05, 0.1) is 23.9 Å². The van der Waals surface area contributed by atoms with E-state index < -0.39 is 10.0 Å². The number of carbonyl (C=O) groups is 1. The Labute approximate surface area is 174 Å². The van der Waals surface area contributed by atoms with Gasteiger partial charge in [-0.25, -0.2) is 13.4 Å². The minimum Gasteiger partial charge on any atom is -0.491 e. The molecule has 2 N–H and O–H groups in total. The summed E-state index contributed by atoms with van der Waals surface area (Å²) in [4.78, 5) is 17.8. The summed E-state index contributed by atoms with van der Waals surface area (Å²) in [7, 11) is -3.36. The highest BCUT2D eigenvalue weighted by molar-refractivity contribution is 7.92. The fraction of sp³-hybridized carbons (Fsp3) is 0.182. The standard InChI is InChI=1S/C22H21N3O4S/c1-14-5-10-19-17(12-14)18(13-20(24-19)21-4-3-11-29-21)22(26)23-15-6-8-16(9-7-15)25-30(2,27)28/h4-10,12-13,25H,3,11H2,1-2H3,(H,23,26). The number of carbonyl (C=O) groups excluding carboxylic acids is 1. The zero-order chi connectivity index (χ0) is 21.3. The maximum absolute atomic E-state index is 13.1. The first-order chi connectivity index (χ1) is 14.3. The minimum absolute atomic E-state index is 0.281. The van der Waals surface area contributed by atoms with E-state index in [4.69, 9.17) is 4.74 Å². The molecular weight excluding hydrogens is 402 g/mol. The minimum atomic E-state index is -3.36. The van der Waals surface area contributed by atoms with Gasteiger partial charge < -0.3 is 10.1 Å². The summed E-state index contributed by atoms with van der Waals surface area (Å²) in [5.41, 5.74) is 3.84. The molecule has 1 aliphatic heterocycles. The number of anilines is 2. The monoisotopic (exact) mass is 423 g/mol. The molecule has 4 rings (SSSR count). The smallest absolute Gasteiger partial charge is 0.256 e. The van der Waals surface area contributed by atoms with E-state index in [0.29, 0.717) is 40.5 Å². The summed E-state index contributed by atoms with van der Waals surface area (Å²) < 4.78 is 30.7. The van der Waals surface area contributed by atoms with Crippen molar-refractivity contribution in [1.29, 1.82) is 0 Å². The fourth-order valence-corrected chi connectivity index (χ4v) is 3.85. The number of nitrogens with zero attached hydrogens (tertiary/aromatic N) is 1. The molecule has 2 aromatic carbocycles. The van der Waals surface area contributed by atoms with Crippen LogP contribution < -0.4 is 10.0 Å². The highest BCUT2D eigenvalue weighted by Gasteiger charge is 2.18. The van der Waals surface area contributed by atoms with Crippen LogP contribution in [0.1, 0.15) is 28.0 Å². The van der Waals surface area contributed by atoms with E-state index >= 15 is 0 Å². The average molecular weight is 423 g/mol. The molecule has 0 saturated carbocycles. The normalized spacial score (nSPS) is 13.6. The zero-order valence-corrected chi connectivity index (χ0v) is 17.4. The van der Waals surface area contributed by atoms with Crippen molar-refractivity contribution in [1.82, 2.24) is 4.98 Å². The van der Waals surface area contributed by atoms with Crippen molar-refractivity contribution in [2.24, 2.45) is 0 Å². The summed E-state index contributed by atoms with van der Waals surface area (Å²) in [5.74, 6) is 0.402. The number of nitrogens with one attached hydrogen (secondary N) is 2. The van der Waals surface area contributed by atoms with Crippen LogP contribution in [0.2, 0.25) is 0 Å². The number of benzene rings is 2. The number of fused-ring (bicyclic) bond motifs is 1. The van der Waals surface area contributed by atoms with Crippen molar-refractivity contribution in [3.8, 4) is 0 Å². The molecule has 30 heavy (non-hydrogen) atoms. The molecule has 1 aliphatic rings. The van der Waals surface area contributed by atoms with Crippen molar-refractivity contribution in [3.05, 3.63) is 71.4 Å². The number of pyridine rings is 1. The molecule has 8 heteroatoms. The van der Waals surface area contributed by atoms with E-state index in [9.17, 15) is 13.2 Å². The summed E-state index contributed by atoms with van der Waals surface area (Å²) in [6.45, 7) is 2.57. The lowest BCUT2D eigenvalue weighted by Crippen LogP contribution is -2.14. The highest BCUT2D eigenvalue weighted by atomic mass is 32.2. The Kier molecular flexibility index (Phi) is 5.17. The van der Waals surface area contributed by atoms with Crippen LogP contribution in [0.25, 0.3) is 16.7 Å². The summed E-state index contributed by atoms with van der Waals surface area (Å²) in [5, 5.41) is 3.63. The summed E-state index contributed by atoms with van der Waals surface area (Å²) in [6.07, 6.45) is 3.87. The molecule has 154 valence electrons. The van der Waals surface area contributed by atoms with Crippen molar-refractivity contribution >= 4 is 44.0 Å². The van der Waals surface area contributed by atoms with Crippen molar-refractivity contribution in [2.75, 3.05) is 22.9 Å². The number of sulfonamides is 1. The fourth-order valence-electron chi connectivity index (χ4n) is 3.28. The molecule has 1 aromatic heterocycles. The van der Waals surface area contributed by atoms with Gasteiger partial charge in [0.25, 0.3) is 5.91 Å². The van der Waals surface area contributed by atoms with E-state index in [1.165, 1.54) is 0 Å². The van der Waals surface area contributed by atoms with Crippen LogP contribution in [0.15, 0.2) is 54.6 Å². The lowest BCUT2D eigenvalue weighted by atomic mass is 10.0. The first kappa shape index (κ1) is 19.9. The highest BCUT2D eigenvalue weighted by Crippen LogP contribution is 2.27. The average Bonchev–Trinajstić information content (AvgIpc) is 3.22. The van der Waals surface area contributed by atoms with E-state index in [1.54, 1.807) is 30.3 Å². The van der Waals surface area contributed by atoms with Gasteiger partial charge in [0, 0.05) is 23.2 Å². The molecule has 0 bridgehead atoms. The van der Waals surface area contributed by atoms with Gasteiger partial charge in [-0.05, 0) is 55.5 Å². The van der Waals surface area contributed by atoms with Crippen LogP contribution in [0.5, 0.6) is 0 Å². The van der Waals surface area contributed by atoms with Gasteiger partial charge in [-0.2, -0.15) is 0 Å². The van der Waals surface area contributed by atoms with Gasteiger partial charge in [-0.3, -0.25) is 9.52 Å². The molecule has 1 amide bonds. The summed E-state index contributed by atoms with van der Waals surface area (Å²) >= 11 is 0. The van der Waals surface area contributed by atoms with Crippen molar-refractivity contribution < 1.29 is 17.9 Å². The molecule has 0 radical (unpaired) electrons. The predicted octanol–water partition coefficient (Wildman–Crippen LogP) is 3.93. The second kappa shape index (κ2) is 7.79. The SMILES string of the molecule is Cc1ccc2nc(C3=CCCO3)cc(C(=O)Nc3ccc(NS(C)(=O)=O)cc3)c2c1. The number of amides is 1. The van der Waals surface area contributed by atoms with Crippen molar-refractivity contribution in [2.45, 2.75) is 13.3 Å². The molecule has 0 aliphatic carbocycles. The number of ether oxygens (including phenoxy) is 1. The molecule has 0 atom stereocenters. The quantitative estimate of drug-likeness (QED) is 0.648. The van der Waals surface area contributed by atoms with Crippen LogP contribution in [-0.2, 0) is 14.8 Å². The first-order valence-corrected chi connectivity index (χ1v) is 11.3. The molecule has 0 saturated heterocycles. The Bertz CT molecular complexity index is 1270. The molecule has 2 heterocycles. The molecule has 3 aromatic rings. The Balaban J connectivity index is 1.67. The third-order valence-electron chi connectivity index (χ3n) is 4.61. The van der Waals surface area contributed by atoms with E-state index in [1.807, 2.05) is 31.2 Å². The second-order valence-corrected chi connectivity index (χ2v) is 8.94. The van der Waals surface area contributed by atoms with Crippen molar-refractivity contribution in [3.63, 3.8) is 0 Å². The number of aromatic nitrogens is 1. The lowest BCUT2D eigenvalue weighted by Gasteiger charge is -2.12. The van der Waals surface area contributed by atoms with E-state index in [2.05, 4.69) is 15.0 Å². The Morgan fingerprint density at radius 3 is 2.47 bits per heavy atom. The summed E-state index contributed by atoms with van der Waals surface area (Å²) in [6, 6.07) is 14.0. The lowest BCUT2D eigenvalue weighted by molar-refractivity contribution is 0.102. The zero-order valence-electron chi connectivity index (χ0n) is 16.6. The Hall–Kier alpha value is -3.39. The Morgan fingerprint density at radius 2 is 1.80 bits per heavy atom. The maximum Gasteiger partial charge on any atom is 0.256 e. The molecule has 0 fully saturated rings. The van der Waals surface area contributed by atoms with Gasteiger partial charge >= 0.3 is 0 Å². The molecular formula is C22H21N3O4S. The number of rotatable bonds is 5. The van der Waals surface area contributed by atoms with Gasteiger partial charge in [0.15, 0.2) is 0 Å². The van der Waals surface area contributed by atoms with E-state index in [-0.39, 0.29) is 5.91 Å². The number of hydrogen-bond donors (Lipinski definition) is 2. The first-order valence-electron chi connectivity index (χ1n) is 9.42. The van der Waals surface area contributed by atoms with Crippen LogP contribution in [0, 0.1) is 6.92 Å². The van der Waals surface area contributed by atoms with Gasteiger partial charge in [-0.1, -0.05) is 11.6 Å². The molecule has 7 nitrogen and oxygen atoms in total.